The molecule has 0 aliphatic heterocycles. The number of rotatable bonds is 5. The maximum absolute atomic E-state index is 12.5. The van der Waals surface area contributed by atoms with Crippen molar-refractivity contribution < 1.29 is 4.79 Å². The lowest BCUT2D eigenvalue weighted by Crippen LogP contribution is -2.12. The van der Waals surface area contributed by atoms with Crippen LogP contribution in [0.3, 0.4) is 0 Å². The van der Waals surface area contributed by atoms with Gasteiger partial charge in [0.1, 0.15) is 0 Å². The highest BCUT2D eigenvalue weighted by molar-refractivity contribution is 6.30. The van der Waals surface area contributed by atoms with Crippen molar-refractivity contribution in [3.63, 3.8) is 0 Å². The molecule has 3 aromatic rings. The van der Waals surface area contributed by atoms with Crippen LogP contribution in [0.5, 0.6) is 0 Å². The van der Waals surface area contributed by atoms with Gasteiger partial charge in [-0.3, -0.25) is 9.78 Å². The summed E-state index contributed by atoms with van der Waals surface area (Å²) in [5.74, 6) is 0.170. The molecule has 5 heteroatoms. The summed E-state index contributed by atoms with van der Waals surface area (Å²) in [4.78, 5) is 16.7. The lowest BCUT2D eigenvalue weighted by molar-refractivity contribution is 0.102. The number of benzene rings is 2. The van der Waals surface area contributed by atoms with Gasteiger partial charge in [-0.2, -0.15) is 0 Å². The van der Waals surface area contributed by atoms with Crippen LogP contribution in [0, 0.1) is 0 Å². The fourth-order valence-corrected chi connectivity index (χ4v) is 2.76. The lowest BCUT2D eigenvalue weighted by Gasteiger charge is -2.15. The Morgan fingerprint density at radius 2 is 1.73 bits per heavy atom. The zero-order valence-electron chi connectivity index (χ0n) is 14.7. The Bertz CT molecular complexity index is 907. The fourth-order valence-electron chi connectivity index (χ4n) is 2.64. The highest BCUT2D eigenvalue weighted by Crippen LogP contribution is 2.27. The van der Waals surface area contributed by atoms with E-state index in [2.05, 4.69) is 35.5 Å². The molecule has 0 spiro atoms. The SMILES string of the molecule is CC(C)c1ccccc1Nc1cncc(C(=O)Nc2ccc(Cl)cc2)c1. The van der Waals surface area contributed by atoms with Crippen LogP contribution in [0.15, 0.2) is 67.0 Å². The lowest BCUT2D eigenvalue weighted by atomic mass is 10.0. The average molecular weight is 366 g/mol. The Kier molecular flexibility index (Phi) is 5.54. The molecule has 0 bridgehead atoms. The van der Waals surface area contributed by atoms with Crippen molar-refractivity contribution in [3.05, 3.63) is 83.1 Å². The van der Waals surface area contributed by atoms with Crippen LogP contribution < -0.4 is 10.6 Å². The molecule has 3 rings (SSSR count). The molecule has 0 fully saturated rings. The van der Waals surface area contributed by atoms with E-state index in [1.165, 1.54) is 5.56 Å². The number of nitrogens with zero attached hydrogens (tertiary/aromatic N) is 1. The molecule has 0 atom stereocenters. The van der Waals surface area contributed by atoms with Crippen LogP contribution in [0.25, 0.3) is 0 Å². The van der Waals surface area contributed by atoms with Gasteiger partial charge in [0.15, 0.2) is 0 Å². The zero-order chi connectivity index (χ0) is 18.5. The Morgan fingerprint density at radius 3 is 2.46 bits per heavy atom. The first-order valence-corrected chi connectivity index (χ1v) is 8.78. The summed E-state index contributed by atoms with van der Waals surface area (Å²) in [7, 11) is 0. The van der Waals surface area contributed by atoms with E-state index in [-0.39, 0.29) is 5.91 Å². The molecule has 0 saturated heterocycles. The normalized spacial score (nSPS) is 10.6. The van der Waals surface area contributed by atoms with Gasteiger partial charge in [0.05, 0.1) is 17.4 Å². The number of halogens is 1. The van der Waals surface area contributed by atoms with Crippen LogP contribution in [0.1, 0.15) is 35.7 Å². The van der Waals surface area contributed by atoms with Crippen molar-refractivity contribution in [1.29, 1.82) is 0 Å². The molecule has 2 N–H and O–H groups in total. The van der Waals surface area contributed by atoms with E-state index in [0.717, 1.165) is 11.4 Å². The number of amides is 1. The third-order valence-electron chi connectivity index (χ3n) is 3.96. The summed E-state index contributed by atoms with van der Waals surface area (Å²) in [6.07, 6.45) is 3.25. The van der Waals surface area contributed by atoms with Crippen molar-refractivity contribution in [2.45, 2.75) is 19.8 Å². The smallest absolute Gasteiger partial charge is 0.257 e. The van der Waals surface area contributed by atoms with Gasteiger partial charge in [-0.15, -0.1) is 0 Å². The number of hydrogen-bond donors (Lipinski definition) is 2. The molecule has 1 amide bonds. The van der Waals surface area contributed by atoms with E-state index >= 15 is 0 Å². The molecule has 0 radical (unpaired) electrons. The van der Waals surface area contributed by atoms with E-state index in [0.29, 0.717) is 22.2 Å². The number of pyridine rings is 1. The molecular formula is C21H20ClN3O. The van der Waals surface area contributed by atoms with Gasteiger partial charge in [0.25, 0.3) is 5.91 Å². The van der Waals surface area contributed by atoms with Crippen LogP contribution in [-0.4, -0.2) is 10.9 Å². The van der Waals surface area contributed by atoms with Gasteiger partial charge in [-0.05, 0) is 47.9 Å². The second kappa shape index (κ2) is 8.02. The first kappa shape index (κ1) is 18.0. The van der Waals surface area contributed by atoms with Gasteiger partial charge in [-0.25, -0.2) is 0 Å². The molecule has 0 unspecified atom stereocenters. The molecule has 4 nitrogen and oxygen atoms in total. The van der Waals surface area contributed by atoms with Crippen molar-refractivity contribution in [1.82, 2.24) is 4.98 Å². The third kappa shape index (κ3) is 4.41. The molecule has 1 heterocycles. The molecular weight excluding hydrogens is 346 g/mol. The number of aromatic nitrogens is 1. The molecule has 26 heavy (non-hydrogen) atoms. The van der Waals surface area contributed by atoms with Gasteiger partial charge in [-0.1, -0.05) is 43.6 Å². The van der Waals surface area contributed by atoms with Crippen molar-refractivity contribution in [3.8, 4) is 0 Å². The van der Waals surface area contributed by atoms with E-state index in [1.54, 1.807) is 42.7 Å². The molecule has 2 aromatic carbocycles. The standard InChI is InChI=1S/C21H20ClN3O/c1-14(2)19-5-3-4-6-20(19)24-18-11-15(12-23-13-18)21(26)25-17-9-7-16(22)8-10-17/h3-14,24H,1-2H3,(H,25,26). The average Bonchev–Trinajstić information content (AvgIpc) is 2.64. The van der Waals surface area contributed by atoms with Crippen molar-refractivity contribution in [2.75, 3.05) is 10.6 Å². The molecule has 0 aliphatic carbocycles. The Labute approximate surface area is 158 Å². The summed E-state index contributed by atoms with van der Waals surface area (Å²) < 4.78 is 0. The summed E-state index contributed by atoms with van der Waals surface area (Å²) >= 11 is 5.87. The Hall–Kier alpha value is -2.85. The van der Waals surface area contributed by atoms with Gasteiger partial charge in [0, 0.05) is 22.6 Å². The van der Waals surface area contributed by atoms with Crippen molar-refractivity contribution >= 4 is 34.6 Å². The summed E-state index contributed by atoms with van der Waals surface area (Å²) in [5, 5.41) is 6.83. The molecule has 0 saturated carbocycles. The highest BCUT2D eigenvalue weighted by Gasteiger charge is 2.10. The van der Waals surface area contributed by atoms with E-state index in [1.807, 2.05) is 18.2 Å². The minimum Gasteiger partial charge on any atom is -0.354 e. The number of para-hydroxylation sites is 1. The van der Waals surface area contributed by atoms with Crippen LogP contribution in [0.4, 0.5) is 17.1 Å². The third-order valence-corrected chi connectivity index (χ3v) is 4.22. The summed E-state index contributed by atoms with van der Waals surface area (Å²) in [5.41, 5.74) is 4.15. The zero-order valence-corrected chi connectivity index (χ0v) is 15.4. The number of anilines is 3. The largest absolute Gasteiger partial charge is 0.354 e. The van der Waals surface area contributed by atoms with Crippen LogP contribution in [-0.2, 0) is 0 Å². The topological polar surface area (TPSA) is 54.0 Å². The van der Waals surface area contributed by atoms with Gasteiger partial charge >= 0.3 is 0 Å². The minimum atomic E-state index is -0.222. The molecule has 132 valence electrons. The number of nitrogens with one attached hydrogen (secondary N) is 2. The van der Waals surface area contributed by atoms with Gasteiger partial charge < -0.3 is 10.6 Å². The Balaban J connectivity index is 1.78. The highest BCUT2D eigenvalue weighted by atomic mass is 35.5. The monoisotopic (exact) mass is 365 g/mol. The van der Waals surface area contributed by atoms with Gasteiger partial charge in [0.2, 0.25) is 0 Å². The number of hydrogen-bond acceptors (Lipinski definition) is 3. The second-order valence-corrected chi connectivity index (χ2v) is 6.73. The first-order chi connectivity index (χ1) is 12.5. The maximum Gasteiger partial charge on any atom is 0.257 e. The van der Waals surface area contributed by atoms with Crippen LogP contribution >= 0.6 is 11.6 Å². The maximum atomic E-state index is 12.5. The van der Waals surface area contributed by atoms with Crippen molar-refractivity contribution in [2.24, 2.45) is 0 Å². The quantitative estimate of drug-likeness (QED) is 0.595. The first-order valence-electron chi connectivity index (χ1n) is 8.41. The van der Waals surface area contributed by atoms with E-state index < -0.39 is 0 Å². The fraction of sp³-hybridized carbons (Fsp3) is 0.143. The Morgan fingerprint density at radius 1 is 1.00 bits per heavy atom. The predicted octanol–water partition coefficient (Wildman–Crippen LogP) is 5.85. The van der Waals surface area contributed by atoms with E-state index in [9.17, 15) is 4.79 Å². The summed E-state index contributed by atoms with van der Waals surface area (Å²) in [6.45, 7) is 4.30. The van der Waals surface area contributed by atoms with Crippen LogP contribution in [0.2, 0.25) is 5.02 Å². The molecule has 0 aliphatic rings. The second-order valence-electron chi connectivity index (χ2n) is 6.29. The minimum absolute atomic E-state index is 0.222. The predicted molar refractivity (Wildman–Crippen MR) is 107 cm³/mol. The number of carbonyl (C=O) groups is 1. The molecule has 1 aromatic heterocycles. The van der Waals surface area contributed by atoms with E-state index in [4.69, 9.17) is 11.6 Å². The number of carbonyl (C=O) groups excluding carboxylic acids is 1. The summed E-state index contributed by atoms with van der Waals surface area (Å²) in [6, 6.07) is 16.9.